The Balaban J connectivity index is 1.85. The molecule has 0 aliphatic carbocycles. The molecule has 5 heteroatoms. The third-order valence-corrected chi connectivity index (χ3v) is 4.06. The molecule has 2 aromatic rings. The van der Waals surface area contributed by atoms with Gasteiger partial charge in [-0.1, -0.05) is 25.1 Å². The monoisotopic (exact) mass is 329 g/mol. The number of thiophene rings is 1. The molecule has 0 radical (unpaired) electrons. The fourth-order valence-corrected chi connectivity index (χ4v) is 2.49. The molecule has 4 nitrogen and oxygen atoms in total. The van der Waals surface area contributed by atoms with E-state index < -0.39 is 12.1 Å². The fraction of sp³-hybridized carbons (Fsp3) is 0.222. The molecule has 1 aromatic heterocycles. The van der Waals surface area contributed by atoms with E-state index in [1.54, 1.807) is 13.0 Å². The lowest BCUT2D eigenvalue weighted by Crippen LogP contribution is -2.29. The zero-order valence-electron chi connectivity index (χ0n) is 13.1. The molecule has 1 N–H and O–H groups in total. The van der Waals surface area contributed by atoms with E-state index in [2.05, 4.69) is 12.2 Å². The molecule has 1 amide bonds. The molecule has 0 saturated carbocycles. The van der Waals surface area contributed by atoms with Gasteiger partial charge in [-0.05, 0) is 48.6 Å². The lowest BCUT2D eigenvalue weighted by atomic mass is 10.1. The molecule has 0 saturated heterocycles. The molecule has 1 unspecified atom stereocenters. The van der Waals surface area contributed by atoms with Crippen LogP contribution in [0.25, 0.3) is 6.08 Å². The van der Waals surface area contributed by atoms with E-state index in [0.29, 0.717) is 5.69 Å². The van der Waals surface area contributed by atoms with Crippen molar-refractivity contribution in [2.75, 3.05) is 5.32 Å². The van der Waals surface area contributed by atoms with Crippen LogP contribution in [-0.2, 0) is 20.7 Å². The molecule has 0 spiro atoms. The van der Waals surface area contributed by atoms with Gasteiger partial charge < -0.3 is 10.1 Å². The number of amides is 1. The highest BCUT2D eigenvalue weighted by atomic mass is 32.1. The average molecular weight is 329 g/mol. The summed E-state index contributed by atoms with van der Waals surface area (Å²) in [4.78, 5) is 24.7. The summed E-state index contributed by atoms with van der Waals surface area (Å²) in [6.45, 7) is 3.62. The van der Waals surface area contributed by atoms with E-state index >= 15 is 0 Å². The number of anilines is 1. The van der Waals surface area contributed by atoms with Gasteiger partial charge >= 0.3 is 5.97 Å². The van der Waals surface area contributed by atoms with Crippen molar-refractivity contribution in [1.82, 2.24) is 0 Å². The van der Waals surface area contributed by atoms with Crippen LogP contribution >= 0.6 is 11.3 Å². The van der Waals surface area contributed by atoms with Crippen molar-refractivity contribution in [2.24, 2.45) is 0 Å². The van der Waals surface area contributed by atoms with Gasteiger partial charge in [-0.25, -0.2) is 4.79 Å². The minimum atomic E-state index is -0.860. The second-order valence-corrected chi connectivity index (χ2v) is 5.95. The van der Waals surface area contributed by atoms with E-state index in [-0.39, 0.29) is 5.91 Å². The molecule has 0 aliphatic heterocycles. The predicted octanol–water partition coefficient (Wildman–Crippen LogP) is 3.89. The first-order valence-electron chi connectivity index (χ1n) is 7.40. The van der Waals surface area contributed by atoms with Crippen LogP contribution < -0.4 is 5.32 Å². The van der Waals surface area contributed by atoms with Crippen LogP contribution in [0.5, 0.6) is 0 Å². The zero-order valence-corrected chi connectivity index (χ0v) is 13.9. The Bertz CT molecular complexity index is 675. The third kappa shape index (κ3) is 5.38. The summed E-state index contributed by atoms with van der Waals surface area (Å²) in [5, 5.41) is 4.65. The molecule has 2 rings (SSSR count). The van der Waals surface area contributed by atoms with Crippen molar-refractivity contribution in [3.8, 4) is 0 Å². The van der Waals surface area contributed by atoms with Crippen LogP contribution in [0.1, 0.15) is 24.3 Å². The molecule has 1 atom stereocenters. The highest BCUT2D eigenvalue weighted by Crippen LogP contribution is 2.12. The number of aryl methyl sites for hydroxylation is 1. The van der Waals surface area contributed by atoms with Crippen LogP contribution in [-0.4, -0.2) is 18.0 Å². The molecule has 1 aromatic carbocycles. The lowest BCUT2D eigenvalue weighted by molar-refractivity contribution is -0.148. The van der Waals surface area contributed by atoms with Gasteiger partial charge in [0.25, 0.3) is 5.91 Å². The molecular weight excluding hydrogens is 310 g/mol. The Hall–Kier alpha value is -2.40. The highest BCUT2D eigenvalue weighted by Gasteiger charge is 2.16. The summed E-state index contributed by atoms with van der Waals surface area (Å²) in [5.74, 6) is -0.894. The number of rotatable bonds is 6. The Kier molecular flexibility index (Phi) is 6.11. The van der Waals surface area contributed by atoms with E-state index in [1.807, 2.05) is 41.8 Å². The number of ether oxygens (including phenoxy) is 1. The maximum atomic E-state index is 12.0. The maximum Gasteiger partial charge on any atom is 0.331 e. The van der Waals surface area contributed by atoms with Gasteiger partial charge in [0, 0.05) is 16.6 Å². The Morgan fingerprint density at radius 2 is 2.00 bits per heavy atom. The van der Waals surface area contributed by atoms with Gasteiger partial charge in [0.2, 0.25) is 0 Å². The predicted molar refractivity (Wildman–Crippen MR) is 93.4 cm³/mol. The van der Waals surface area contributed by atoms with E-state index in [4.69, 9.17) is 4.74 Å². The third-order valence-electron chi connectivity index (χ3n) is 3.22. The molecule has 23 heavy (non-hydrogen) atoms. The summed E-state index contributed by atoms with van der Waals surface area (Å²) >= 11 is 1.52. The maximum absolute atomic E-state index is 12.0. The minimum absolute atomic E-state index is 0.355. The summed E-state index contributed by atoms with van der Waals surface area (Å²) in [5.41, 5.74) is 1.88. The standard InChI is InChI=1S/C18H19NO3S/c1-3-14-6-8-15(9-7-14)19-18(21)13(2)22-17(20)11-10-16-5-4-12-23-16/h4-13H,3H2,1-2H3,(H,19,21)/b11-10+. The minimum Gasteiger partial charge on any atom is -0.449 e. The van der Waals surface area contributed by atoms with Crippen LogP contribution in [0.4, 0.5) is 5.69 Å². The fourth-order valence-electron chi connectivity index (χ4n) is 1.87. The number of hydrogen-bond donors (Lipinski definition) is 1. The molecule has 0 bridgehead atoms. The van der Waals surface area contributed by atoms with Crippen molar-refractivity contribution < 1.29 is 14.3 Å². The van der Waals surface area contributed by atoms with Crippen molar-refractivity contribution in [3.63, 3.8) is 0 Å². The van der Waals surface area contributed by atoms with Crippen LogP contribution in [0.2, 0.25) is 0 Å². The zero-order chi connectivity index (χ0) is 16.7. The van der Waals surface area contributed by atoms with Crippen molar-refractivity contribution in [3.05, 3.63) is 58.3 Å². The lowest BCUT2D eigenvalue weighted by Gasteiger charge is -2.12. The van der Waals surface area contributed by atoms with Crippen molar-refractivity contribution >= 4 is 35.0 Å². The number of benzene rings is 1. The highest BCUT2D eigenvalue weighted by molar-refractivity contribution is 7.10. The summed E-state index contributed by atoms with van der Waals surface area (Å²) in [6.07, 6.45) is 3.08. The SMILES string of the molecule is CCc1ccc(NC(=O)C(C)OC(=O)/C=C/c2cccs2)cc1. The molecule has 120 valence electrons. The van der Waals surface area contributed by atoms with Gasteiger partial charge in [-0.15, -0.1) is 11.3 Å². The van der Waals surface area contributed by atoms with Gasteiger partial charge in [0.05, 0.1) is 0 Å². The van der Waals surface area contributed by atoms with Crippen LogP contribution in [0, 0.1) is 0 Å². The van der Waals surface area contributed by atoms with Crippen molar-refractivity contribution in [2.45, 2.75) is 26.4 Å². The topological polar surface area (TPSA) is 55.4 Å². The Morgan fingerprint density at radius 3 is 2.61 bits per heavy atom. The first-order chi connectivity index (χ1) is 11.1. The first-order valence-corrected chi connectivity index (χ1v) is 8.28. The second-order valence-electron chi connectivity index (χ2n) is 4.97. The second kappa shape index (κ2) is 8.29. The van der Waals surface area contributed by atoms with Gasteiger partial charge in [-0.3, -0.25) is 4.79 Å². The molecule has 1 heterocycles. The molecule has 0 aliphatic rings. The van der Waals surface area contributed by atoms with E-state index in [9.17, 15) is 9.59 Å². The number of carbonyl (C=O) groups excluding carboxylic acids is 2. The molecular formula is C18H19NO3S. The normalized spacial score (nSPS) is 12.1. The number of hydrogen-bond acceptors (Lipinski definition) is 4. The van der Waals surface area contributed by atoms with Gasteiger partial charge in [0.1, 0.15) is 0 Å². The van der Waals surface area contributed by atoms with E-state index in [0.717, 1.165) is 11.3 Å². The van der Waals surface area contributed by atoms with Crippen molar-refractivity contribution in [1.29, 1.82) is 0 Å². The number of esters is 1. The van der Waals surface area contributed by atoms with Gasteiger partial charge in [0.15, 0.2) is 6.10 Å². The van der Waals surface area contributed by atoms with Crippen LogP contribution in [0.3, 0.4) is 0 Å². The quantitative estimate of drug-likeness (QED) is 0.646. The largest absolute Gasteiger partial charge is 0.449 e. The average Bonchev–Trinajstić information content (AvgIpc) is 3.07. The van der Waals surface area contributed by atoms with Crippen LogP contribution in [0.15, 0.2) is 47.9 Å². The summed E-state index contributed by atoms with van der Waals surface area (Å²) in [7, 11) is 0. The number of carbonyl (C=O) groups is 2. The van der Waals surface area contributed by atoms with E-state index in [1.165, 1.54) is 23.0 Å². The van der Waals surface area contributed by atoms with Gasteiger partial charge in [-0.2, -0.15) is 0 Å². The smallest absolute Gasteiger partial charge is 0.331 e. The summed E-state index contributed by atoms with van der Waals surface area (Å²) in [6, 6.07) is 11.4. The first kappa shape index (κ1) is 17.0. The Labute approximate surface area is 139 Å². The molecule has 0 fully saturated rings. The summed E-state index contributed by atoms with van der Waals surface area (Å²) < 4.78 is 5.09. The number of nitrogens with one attached hydrogen (secondary N) is 1. The Morgan fingerprint density at radius 1 is 1.26 bits per heavy atom.